The van der Waals surface area contributed by atoms with Gasteiger partial charge in [-0.25, -0.2) is 21.6 Å². The molecule has 0 spiro atoms. The Hall–Kier alpha value is -2.08. The zero-order chi connectivity index (χ0) is 25.6. The van der Waals surface area contributed by atoms with Gasteiger partial charge in [0.2, 0.25) is 20.0 Å². The summed E-state index contributed by atoms with van der Waals surface area (Å²) in [6.07, 6.45) is 2.89. The Morgan fingerprint density at radius 2 is 1.72 bits per heavy atom. The quantitative estimate of drug-likeness (QED) is 0.475. The van der Waals surface area contributed by atoms with Crippen LogP contribution < -0.4 is 4.72 Å². The number of sulfonamides is 2. The fraction of sp³-hybridized carbons (Fsp3) is 0.462. The Morgan fingerprint density at radius 1 is 1.03 bits per heavy atom. The van der Waals surface area contributed by atoms with Gasteiger partial charge in [-0.1, -0.05) is 49.0 Å². The second kappa shape index (κ2) is 12.0. The van der Waals surface area contributed by atoms with Crippen LogP contribution in [0.4, 0.5) is 0 Å². The first-order valence-electron chi connectivity index (χ1n) is 12.3. The zero-order valence-corrected chi connectivity index (χ0v) is 21.9. The van der Waals surface area contributed by atoms with Crippen LogP contribution in [0.5, 0.6) is 0 Å². The molecule has 4 rings (SSSR count). The topological polar surface area (TPSA) is 102 Å². The molecule has 0 saturated carbocycles. The number of benzene rings is 2. The lowest BCUT2D eigenvalue weighted by Crippen LogP contribution is -2.32. The van der Waals surface area contributed by atoms with E-state index >= 15 is 0 Å². The molecule has 2 atom stereocenters. The molecular weight excluding hydrogens is 500 g/mol. The molecule has 2 aliphatic rings. The number of nitrogens with zero attached hydrogens (tertiary/aromatic N) is 1. The van der Waals surface area contributed by atoms with Gasteiger partial charge in [-0.2, -0.15) is 4.31 Å². The molecule has 0 amide bonds. The third kappa shape index (κ3) is 7.02. The van der Waals surface area contributed by atoms with E-state index in [2.05, 4.69) is 23.4 Å². The summed E-state index contributed by atoms with van der Waals surface area (Å²) >= 11 is 0. The summed E-state index contributed by atoms with van der Waals surface area (Å²) in [5.74, 6) is -0.0862. The molecule has 0 aromatic heterocycles. The molecule has 2 heterocycles. The normalized spacial score (nSPS) is 20.8. The maximum absolute atomic E-state index is 13.3. The van der Waals surface area contributed by atoms with Crippen molar-refractivity contribution in [3.63, 3.8) is 0 Å². The van der Waals surface area contributed by atoms with Crippen LogP contribution in [0.2, 0.25) is 0 Å². The number of nitrogens with one attached hydrogen (secondary N) is 1. The lowest BCUT2D eigenvalue weighted by molar-refractivity contribution is -0.0695. The van der Waals surface area contributed by atoms with Gasteiger partial charge < -0.3 is 9.47 Å². The molecule has 196 valence electrons. The van der Waals surface area contributed by atoms with E-state index in [-0.39, 0.29) is 36.1 Å². The molecule has 36 heavy (non-hydrogen) atoms. The minimum Gasteiger partial charge on any atom is -0.381 e. The average Bonchev–Trinajstić information content (AvgIpc) is 3.39. The highest BCUT2D eigenvalue weighted by Gasteiger charge is 2.33. The van der Waals surface area contributed by atoms with E-state index in [0.717, 1.165) is 29.4 Å². The van der Waals surface area contributed by atoms with Crippen LogP contribution >= 0.6 is 0 Å². The van der Waals surface area contributed by atoms with Gasteiger partial charge in [0.1, 0.15) is 0 Å². The summed E-state index contributed by atoms with van der Waals surface area (Å²) < 4.78 is 65.5. The van der Waals surface area contributed by atoms with Gasteiger partial charge in [-0.3, -0.25) is 0 Å². The van der Waals surface area contributed by atoms with Crippen LogP contribution in [0.1, 0.15) is 36.5 Å². The van der Waals surface area contributed by atoms with Gasteiger partial charge in [0.25, 0.3) is 0 Å². The van der Waals surface area contributed by atoms with Crippen molar-refractivity contribution in [2.45, 2.75) is 42.8 Å². The molecule has 2 aromatic carbocycles. The van der Waals surface area contributed by atoms with Crippen molar-refractivity contribution in [1.82, 2.24) is 9.03 Å². The van der Waals surface area contributed by atoms with Crippen LogP contribution in [0.3, 0.4) is 0 Å². The van der Waals surface area contributed by atoms with E-state index in [1.54, 1.807) is 12.1 Å². The predicted octanol–water partition coefficient (Wildman–Crippen LogP) is 3.24. The van der Waals surface area contributed by atoms with Gasteiger partial charge in [-0.05, 0) is 48.4 Å². The van der Waals surface area contributed by atoms with Crippen LogP contribution in [-0.2, 0) is 35.9 Å². The van der Waals surface area contributed by atoms with Crippen LogP contribution in [0, 0.1) is 5.92 Å². The molecule has 0 aliphatic carbocycles. The summed E-state index contributed by atoms with van der Waals surface area (Å²) in [6, 6.07) is 17.1. The summed E-state index contributed by atoms with van der Waals surface area (Å²) in [6.45, 7) is 5.46. The maximum atomic E-state index is 13.3. The van der Waals surface area contributed by atoms with E-state index in [0.29, 0.717) is 32.6 Å². The Balaban J connectivity index is 1.45. The molecule has 2 fully saturated rings. The Kier molecular flexibility index (Phi) is 8.97. The summed E-state index contributed by atoms with van der Waals surface area (Å²) in [7, 11) is -7.21. The van der Waals surface area contributed by atoms with Gasteiger partial charge >= 0.3 is 0 Å². The summed E-state index contributed by atoms with van der Waals surface area (Å²) in [4.78, 5) is 0.225. The van der Waals surface area contributed by atoms with Gasteiger partial charge in [0, 0.05) is 44.7 Å². The third-order valence-electron chi connectivity index (χ3n) is 6.72. The highest BCUT2D eigenvalue weighted by molar-refractivity contribution is 7.92. The molecule has 0 radical (unpaired) electrons. The van der Waals surface area contributed by atoms with Crippen molar-refractivity contribution >= 4 is 20.0 Å². The second-order valence-electron chi connectivity index (χ2n) is 9.27. The average molecular weight is 535 g/mol. The van der Waals surface area contributed by atoms with Crippen molar-refractivity contribution < 1.29 is 26.3 Å². The monoisotopic (exact) mass is 534 g/mol. The first-order valence-corrected chi connectivity index (χ1v) is 15.2. The Morgan fingerprint density at radius 3 is 2.39 bits per heavy atom. The van der Waals surface area contributed by atoms with Crippen molar-refractivity contribution in [1.29, 1.82) is 0 Å². The van der Waals surface area contributed by atoms with Crippen molar-refractivity contribution in [2.24, 2.45) is 5.92 Å². The predicted molar refractivity (Wildman–Crippen MR) is 138 cm³/mol. The van der Waals surface area contributed by atoms with Crippen molar-refractivity contribution in [2.75, 3.05) is 32.8 Å². The first kappa shape index (κ1) is 27.0. The highest BCUT2D eigenvalue weighted by atomic mass is 32.2. The van der Waals surface area contributed by atoms with E-state index in [1.807, 2.05) is 30.3 Å². The lowest BCUT2D eigenvalue weighted by atomic mass is 10.0. The lowest BCUT2D eigenvalue weighted by Gasteiger charge is -2.28. The SMILES string of the molecule is C=CS(=O)(=O)NCC1CCN(S(=O)(=O)c2ccc(C(Cc3ccccc3)OC3CCOCC3)cc2)C1. The minimum atomic E-state index is -3.68. The second-order valence-corrected chi connectivity index (χ2v) is 12.9. The van der Waals surface area contributed by atoms with Gasteiger partial charge in [0.05, 0.1) is 17.1 Å². The van der Waals surface area contributed by atoms with Crippen molar-refractivity contribution in [3.8, 4) is 0 Å². The van der Waals surface area contributed by atoms with Crippen molar-refractivity contribution in [3.05, 3.63) is 77.7 Å². The van der Waals surface area contributed by atoms with E-state index in [4.69, 9.17) is 9.47 Å². The molecule has 2 saturated heterocycles. The number of hydrogen-bond donors (Lipinski definition) is 1. The largest absolute Gasteiger partial charge is 0.381 e. The zero-order valence-electron chi connectivity index (χ0n) is 20.3. The number of ether oxygens (including phenoxy) is 2. The molecule has 1 N–H and O–H groups in total. The van der Waals surface area contributed by atoms with Gasteiger partial charge in [-0.15, -0.1) is 0 Å². The summed E-state index contributed by atoms with van der Waals surface area (Å²) in [5, 5.41) is 0.856. The molecule has 2 aromatic rings. The fourth-order valence-electron chi connectivity index (χ4n) is 4.60. The Labute approximate surface area is 214 Å². The molecular formula is C26H34N2O6S2. The van der Waals surface area contributed by atoms with Gasteiger partial charge in [0.15, 0.2) is 0 Å². The summed E-state index contributed by atoms with van der Waals surface area (Å²) in [5.41, 5.74) is 2.09. The Bertz CT molecular complexity index is 1210. The first-order chi connectivity index (χ1) is 17.3. The number of hydrogen-bond acceptors (Lipinski definition) is 6. The molecule has 10 heteroatoms. The molecule has 2 aliphatic heterocycles. The van der Waals surface area contributed by atoms with Crippen LogP contribution in [0.25, 0.3) is 0 Å². The van der Waals surface area contributed by atoms with E-state index < -0.39 is 20.0 Å². The maximum Gasteiger partial charge on any atom is 0.243 e. The van der Waals surface area contributed by atoms with Crippen LogP contribution in [-0.4, -0.2) is 60.1 Å². The minimum absolute atomic E-state index is 0.0862. The van der Waals surface area contributed by atoms with Crippen LogP contribution in [0.15, 0.2) is 71.5 Å². The smallest absolute Gasteiger partial charge is 0.243 e. The fourth-order valence-corrected chi connectivity index (χ4v) is 6.71. The molecule has 2 unspecified atom stereocenters. The highest BCUT2D eigenvalue weighted by Crippen LogP contribution is 2.29. The van der Waals surface area contributed by atoms with E-state index in [1.165, 1.54) is 4.31 Å². The third-order valence-corrected chi connectivity index (χ3v) is 9.61. The standard InChI is InChI=1S/C26H34N2O6S2/c1-2-35(29,30)27-19-22-12-15-28(20-22)36(31,32)25-10-8-23(9-11-25)26(18-21-6-4-3-5-7-21)34-24-13-16-33-17-14-24/h2-11,22,24,26-27H,1,12-20H2. The molecule has 0 bridgehead atoms. The number of rotatable bonds is 11. The van der Waals surface area contributed by atoms with E-state index in [9.17, 15) is 16.8 Å². The molecule has 8 nitrogen and oxygen atoms in total.